The van der Waals surface area contributed by atoms with Crippen LogP contribution in [0.1, 0.15) is 31.4 Å². The highest BCUT2D eigenvalue weighted by Crippen LogP contribution is 2.16. The van der Waals surface area contributed by atoms with Gasteiger partial charge in [-0.25, -0.2) is 0 Å². The normalized spacial score (nSPS) is 21.3. The molecule has 1 heterocycles. The average Bonchev–Trinajstić information content (AvgIpc) is 2.92. The number of carbonyl (C=O) groups is 1. The molecule has 0 aliphatic carbocycles. The third kappa shape index (κ3) is 3.55. The van der Waals surface area contributed by atoms with Crippen LogP contribution in [0.15, 0.2) is 30.3 Å². The van der Waals surface area contributed by atoms with Crippen molar-refractivity contribution < 1.29 is 4.79 Å². The van der Waals surface area contributed by atoms with Crippen LogP contribution in [-0.2, 0) is 4.79 Å². The standard InChI is InChI=1S/C15H23N3O/c1-2-18-10-6-9-13(18)11-17-15(19)14(16)12-7-4-3-5-8-12/h3-5,7-8,13-14H,2,6,9-11,16H2,1H3,(H,17,19). The Kier molecular flexibility index (Phi) is 4.93. The van der Waals surface area contributed by atoms with Crippen molar-refractivity contribution in [3.63, 3.8) is 0 Å². The number of nitrogens with two attached hydrogens (primary N) is 1. The minimum absolute atomic E-state index is 0.0887. The molecule has 19 heavy (non-hydrogen) atoms. The van der Waals surface area contributed by atoms with Gasteiger partial charge in [-0.2, -0.15) is 0 Å². The Morgan fingerprint density at radius 1 is 1.47 bits per heavy atom. The van der Waals surface area contributed by atoms with E-state index in [1.54, 1.807) is 0 Å². The van der Waals surface area contributed by atoms with Crippen LogP contribution in [0.3, 0.4) is 0 Å². The molecule has 0 spiro atoms. The van der Waals surface area contributed by atoms with Gasteiger partial charge in [0.15, 0.2) is 0 Å². The number of benzene rings is 1. The van der Waals surface area contributed by atoms with E-state index in [1.807, 2.05) is 30.3 Å². The van der Waals surface area contributed by atoms with Gasteiger partial charge in [-0.05, 0) is 31.5 Å². The fraction of sp³-hybridized carbons (Fsp3) is 0.533. The molecule has 1 aliphatic rings. The van der Waals surface area contributed by atoms with E-state index in [-0.39, 0.29) is 5.91 Å². The van der Waals surface area contributed by atoms with Crippen LogP contribution in [0, 0.1) is 0 Å². The van der Waals surface area contributed by atoms with Gasteiger partial charge in [0.1, 0.15) is 6.04 Å². The zero-order chi connectivity index (χ0) is 13.7. The van der Waals surface area contributed by atoms with Crippen LogP contribution in [0.2, 0.25) is 0 Å². The van der Waals surface area contributed by atoms with E-state index >= 15 is 0 Å². The molecule has 1 saturated heterocycles. The summed E-state index contributed by atoms with van der Waals surface area (Å²) in [4.78, 5) is 14.5. The number of amides is 1. The van der Waals surface area contributed by atoms with Gasteiger partial charge >= 0.3 is 0 Å². The molecule has 2 atom stereocenters. The van der Waals surface area contributed by atoms with Gasteiger partial charge in [0, 0.05) is 12.6 Å². The van der Waals surface area contributed by atoms with Gasteiger partial charge in [0.2, 0.25) is 5.91 Å². The second-order valence-electron chi connectivity index (χ2n) is 5.06. The Bertz CT molecular complexity index is 407. The van der Waals surface area contributed by atoms with Crippen LogP contribution in [0.4, 0.5) is 0 Å². The maximum atomic E-state index is 12.0. The lowest BCUT2D eigenvalue weighted by Crippen LogP contribution is -2.43. The van der Waals surface area contributed by atoms with E-state index in [4.69, 9.17) is 5.73 Å². The van der Waals surface area contributed by atoms with E-state index < -0.39 is 6.04 Å². The highest BCUT2D eigenvalue weighted by molar-refractivity contribution is 5.82. The zero-order valence-electron chi connectivity index (χ0n) is 11.5. The molecule has 0 radical (unpaired) electrons. The first kappa shape index (κ1) is 14.0. The van der Waals surface area contributed by atoms with Gasteiger partial charge in [-0.3, -0.25) is 9.69 Å². The summed E-state index contributed by atoms with van der Waals surface area (Å²) in [6, 6.07) is 9.40. The SMILES string of the molecule is CCN1CCCC1CNC(=O)C(N)c1ccccc1. The molecule has 0 bridgehead atoms. The molecular formula is C15H23N3O. The number of nitrogens with one attached hydrogen (secondary N) is 1. The van der Waals surface area contributed by atoms with Crippen LogP contribution >= 0.6 is 0 Å². The summed E-state index contributed by atoms with van der Waals surface area (Å²) >= 11 is 0. The number of nitrogens with zero attached hydrogens (tertiary/aromatic N) is 1. The van der Waals surface area contributed by atoms with Gasteiger partial charge in [-0.15, -0.1) is 0 Å². The first-order valence-corrected chi connectivity index (χ1v) is 7.04. The van der Waals surface area contributed by atoms with Gasteiger partial charge in [0.05, 0.1) is 0 Å². The molecule has 104 valence electrons. The summed E-state index contributed by atoms with van der Waals surface area (Å²) in [5.41, 5.74) is 6.82. The van der Waals surface area contributed by atoms with Crippen molar-refractivity contribution in [1.82, 2.24) is 10.2 Å². The minimum atomic E-state index is -0.572. The molecule has 0 saturated carbocycles. The molecule has 4 nitrogen and oxygen atoms in total. The maximum Gasteiger partial charge on any atom is 0.241 e. The summed E-state index contributed by atoms with van der Waals surface area (Å²) in [5, 5.41) is 2.98. The molecule has 1 aromatic rings. The van der Waals surface area contributed by atoms with Crippen molar-refractivity contribution >= 4 is 5.91 Å². The third-order valence-electron chi connectivity index (χ3n) is 3.86. The quantitative estimate of drug-likeness (QED) is 0.839. The molecule has 1 aliphatic heterocycles. The van der Waals surface area contributed by atoms with Crippen molar-refractivity contribution in [3.05, 3.63) is 35.9 Å². The highest BCUT2D eigenvalue weighted by atomic mass is 16.2. The summed E-state index contributed by atoms with van der Waals surface area (Å²) in [6.45, 7) is 5.05. The number of rotatable bonds is 5. The molecule has 0 aromatic heterocycles. The lowest BCUT2D eigenvalue weighted by Gasteiger charge is -2.23. The highest BCUT2D eigenvalue weighted by Gasteiger charge is 2.24. The molecular weight excluding hydrogens is 238 g/mol. The van der Waals surface area contributed by atoms with Crippen molar-refractivity contribution in [2.75, 3.05) is 19.6 Å². The summed E-state index contributed by atoms with van der Waals surface area (Å²) < 4.78 is 0. The second kappa shape index (κ2) is 6.68. The van der Waals surface area contributed by atoms with Crippen molar-refractivity contribution in [1.29, 1.82) is 0 Å². The molecule has 1 amide bonds. The van der Waals surface area contributed by atoms with E-state index in [2.05, 4.69) is 17.1 Å². The van der Waals surface area contributed by atoms with E-state index in [1.165, 1.54) is 6.42 Å². The molecule has 1 fully saturated rings. The average molecular weight is 261 g/mol. The van der Waals surface area contributed by atoms with Crippen LogP contribution in [0.25, 0.3) is 0 Å². The Balaban J connectivity index is 1.84. The van der Waals surface area contributed by atoms with Crippen molar-refractivity contribution in [3.8, 4) is 0 Å². The Hall–Kier alpha value is -1.39. The van der Waals surface area contributed by atoms with Crippen molar-refractivity contribution in [2.45, 2.75) is 31.8 Å². The summed E-state index contributed by atoms with van der Waals surface area (Å²) in [7, 11) is 0. The van der Waals surface area contributed by atoms with Crippen LogP contribution in [0.5, 0.6) is 0 Å². The number of hydrogen-bond donors (Lipinski definition) is 2. The predicted octanol–water partition coefficient (Wildman–Crippen LogP) is 1.29. The topological polar surface area (TPSA) is 58.4 Å². The maximum absolute atomic E-state index is 12.0. The first-order valence-electron chi connectivity index (χ1n) is 7.04. The Labute approximate surface area is 115 Å². The third-order valence-corrected chi connectivity index (χ3v) is 3.86. The lowest BCUT2D eigenvalue weighted by atomic mass is 10.1. The van der Waals surface area contributed by atoms with Crippen molar-refractivity contribution in [2.24, 2.45) is 5.73 Å². The van der Waals surface area contributed by atoms with Gasteiger partial charge < -0.3 is 11.1 Å². The molecule has 3 N–H and O–H groups in total. The monoisotopic (exact) mass is 261 g/mol. The predicted molar refractivity (Wildman–Crippen MR) is 76.6 cm³/mol. The van der Waals surface area contributed by atoms with E-state index in [9.17, 15) is 4.79 Å². The van der Waals surface area contributed by atoms with E-state index in [0.717, 1.165) is 25.1 Å². The Morgan fingerprint density at radius 3 is 2.89 bits per heavy atom. The number of likely N-dealkylation sites (tertiary alicyclic amines) is 1. The molecule has 2 rings (SSSR count). The number of carbonyl (C=O) groups excluding carboxylic acids is 1. The van der Waals surface area contributed by atoms with Gasteiger partial charge in [-0.1, -0.05) is 37.3 Å². The van der Waals surface area contributed by atoms with Crippen LogP contribution < -0.4 is 11.1 Å². The summed E-state index contributed by atoms with van der Waals surface area (Å²) in [6.07, 6.45) is 2.38. The number of hydrogen-bond acceptors (Lipinski definition) is 3. The Morgan fingerprint density at radius 2 is 2.21 bits per heavy atom. The minimum Gasteiger partial charge on any atom is -0.353 e. The van der Waals surface area contributed by atoms with Crippen LogP contribution in [-0.4, -0.2) is 36.5 Å². The molecule has 1 aromatic carbocycles. The zero-order valence-corrected chi connectivity index (χ0v) is 11.5. The molecule has 2 unspecified atom stereocenters. The lowest BCUT2D eigenvalue weighted by molar-refractivity contribution is -0.122. The smallest absolute Gasteiger partial charge is 0.241 e. The first-order chi connectivity index (χ1) is 9.22. The second-order valence-corrected chi connectivity index (χ2v) is 5.06. The largest absolute Gasteiger partial charge is 0.353 e. The fourth-order valence-electron chi connectivity index (χ4n) is 2.68. The summed E-state index contributed by atoms with van der Waals surface area (Å²) in [5.74, 6) is -0.0887. The number of likely N-dealkylation sites (N-methyl/N-ethyl adjacent to an activating group) is 1. The fourth-order valence-corrected chi connectivity index (χ4v) is 2.68. The molecule has 4 heteroatoms. The van der Waals surface area contributed by atoms with E-state index in [0.29, 0.717) is 12.6 Å². The van der Waals surface area contributed by atoms with Gasteiger partial charge in [0.25, 0.3) is 0 Å².